The molecule has 8 nitrogen and oxygen atoms in total. The molecule has 0 aliphatic heterocycles. The zero-order chi connectivity index (χ0) is 17.3. The molecule has 0 saturated carbocycles. The molecule has 24 heavy (non-hydrogen) atoms. The largest absolute Gasteiger partial charge is 0.466 e. The van der Waals surface area contributed by atoms with Crippen LogP contribution in [0.1, 0.15) is 24.0 Å². The van der Waals surface area contributed by atoms with Gasteiger partial charge in [-0.1, -0.05) is 6.07 Å². The van der Waals surface area contributed by atoms with Crippen molar-refractivity contribution < 1.29 is 14.3 Å². The van der Waals surface area contributed by atoms with Crippen LogP contribution in [0.2, 0.25) is 0 Å². The number of amides is 2. The summed E-state index contributed by atoms with van der Waals surface area (Å²) in [6.45, 7) is 5.23. The molecule has 2 amide bonds. The molecule has 0 aromatic carbocycles. The third-order valence-corrected chi connectivity index (χ3v) is 3.75. The molecule has 0 aliphatic carbocycles. The van der Waals surface area contributed by atoms with Crippen LogP contribution in [0.25, 0.3) is 5.65 Å². The highest BCUT2D eigenvalue weighted by Gasteiger charge is 2.28. The second-order valence-electron chi connectivity index (χ2n) is 5.86. The molecule has 0 fully saturated rings. The molecule has 0 radical (unpaired) electrons. The van der Waals surface area contributed by atoms with Gasteiger partial charge in [-0.05, 0) is 39.0 Å². The Morgan fingerprint density at radius 3 is 2.88 bits per heavy atom. The van der Waals surface area contributed by atoms with Crippen molar-refractivity contribution in [1.29, 1.82) is 0 Å². The number of aryl methyl sites for hydroxylation is 2. The van der Waals surface area contributed by atoms with E-state index in [2.05, 4.69) is 20.8 Å². The number of carbonyl (C=O) groups excluding carboxylic acids is 1. The molecule has 8 heteroatoms. The van der Waals surface area contributed by atoms with Crippen LogP contribution in [0.15, 0.2) is 34.9 Å². The van der Waals surface area contributed by atoms with Gasteiger partial charge in [0.05, 0.1) is 6.54 Å². The number of hydrogen-bond donors (Lipinski definition) is 3. The lowest BCUT2D eigenvalue weighted by atomic mass is 9.96. The third-order valence-electron chi connectivity index (χ3n) is 3.75. The summed E-state index contributed by atoms with van der Waals surface area (Å²) in [5.41, 5.74) is 0.0315. The fourth-order valence-electron chi connectivity index (χ4n) is 2.59. The van der Waals surface area contributed by atoms with Crippen molar-refractivity contribution in [3.8, 4) is 0 Å². The summed E-state index contributed by atoms with van der Waals surface area (Å²) in [5, 5.41) is 23.7. The van der Waals surface area contributed by atoms with Gasteiger partial charge in [-0.3, -0.25) is 9.72 Å². The molecule has 0 unspecified atom stereocenters. The van der Waals surface area contributed by atoms with E-state index in [9.17, 15) is 9.90 Å². The SMILES string of the molecule is Cc1cc([C@](C)(O)CNC(=O)Nc2nnc3ccccn23)c(C)o1. The maximum atomic E-state index is 12.1. The van der Waals surface area contributed by atoms with E-state index in [1.807, 2.05) is 19.1 Å². The summed E-state index contributed by atoms with van der Waals surface area (Å²) in [4.78, 5) is 12.1. The first kappa shape index (κ1) is 16.0. The number of fused-ring (bicyclic) bond motifs is 1. The molecule has 3 rings (SSSR count). The average molecular weight is 329 g/mol. The molecule has 0 bridgehead atoms. The summed E-state index contributed by atoms with van der Waals surface area (Å²) >= 11 is 0. The van der Waals surface area contributed by atoms with Gasteiger partial charge < -0.3 is 14.8 Å². The number of rotatable bonds is 4. The quantitative estimate of drug-likeness (QED) is 0.679. The predicted octanol–water partition coefficient (Wildman–Crippen LogP) is 1.97. The zero-order valence-corrected chi connectivity index (χ0v) is 13.7. The number of aromatic nitrogens is 3. The number of anilines is 1. The van der Waals surface area contributed by atoms with Crippen molar-refractivity contribution in [2.45, 2.75) is 26.4 Å². The highest BCUT2D eigenvalue weighted by Crippen LogP contribution is 2.26. The van der Waals surface area contributed by atoms with Crippen molar-refractivity contribution in [1.82, 2.24) is 19.9 Å². The van der Waals surface area contributed by atoms with Crippen molar-refractivity contribution >= 4 is 17.6 Å². The number of pyridine rings is 1. The Kier molecular flexibility index (Phi) is 3.98. The highest BCUT2D eigenvalue weighted by atomic mass is 16.3. The maximum Gasteiger partial charge on any atom is 0.321 e. The molecule has 3 aromatic rings. The van der Waals surface area contributed by atoms with Crippen molar-refractivity contribution in [2.24, 2.45) is 0 Å². The summed E-state index contributed by atoms with van der Waals surface area (Å²) < 4.78 is 7.09. The lowest BCUT2D eigenvalue weighted by molar-refractivity contribution is 0.0584. The fourth-order valence-corrected chi connectivity index (χ4v) is 2.59. The number of carbonyl (C=O) groups is 1. The third kappa shape index (κ3) is 3.09. The lowest BCUT2D eigenvalue weighted by Gasteiger charge is -2.23. The Bertz CT molecular complexity index is 881. The Balaban J connectivity index is 1.66. The van der Waals surface area contributed by atoms with Crippen molar-refractivity contribution in [3.63, 3.8) is 0 Å². The van der Waals surface area contributed by atoms with Gasteiger partial charge in [0, 0.05) is 11.8 Å². The average Bonchev–Trinajstić information content (AvgIpc) is 3.09. The van der Waals surface area contributed by atoms with E-state index in [-0.39, 0.29) is 6.54 Å². The lowest BCUT2D eigenvalue weighted by Crippen LogP contribution is -2.41. The summed E-state index contributed by atoms with van der Waals surface area (Å²) in [5.74, 6) is 1.64. The van der Waals surface area contributed by atoms with Crippen LogP contribution in [0, 0.1) is 13.8 Å². The van der Waals surface area contributed by atoms with Gasteiger partial charge in [0.2, 0.25) is 5.95 Å². The molecular formula is C16H19N5O3. The first-order valence-corrected chi connectivity index (χ1v) is 7.51. The Labute approximate surface area is 138 Å². The fraction of sp³-hybridized carbons (Fsp3) is 0.312. The molecule has 0 saturated heterocycles. The number of nitrogens with one attached hydrogen (secondary N) is 2. The van der Waals surface area contributed by atoms with Crippen LogP contribution >= 0.6 is 0 Å². The number of urea groups is 1. The minimum atomic E-state index is -1.24. The molecule has 0 aliphatic rings. The summed E-state index contributed by atoms with van der Waals surface area (Å²) in [6.07, 6.45) is 1.75. The molecule has 3 heterocycles. The van der Waals surface area contributed by atoms with Gasteiger partial charge in [0.25, 0.3) is 0 Å². The molecule has 3 N–H and O–H groups in total. The highest BCUT2D eigenvalue weighted by molar-refractivity contribution is 5.87. The molecule has 1 atom stereocenters. The smallest absolute Gasteiger partial charge is 0.321 e. The van der Waals surface area contributed by atoms with E-state index in [1.165, 1.54) is 0 Å². The van der Waals surface area contributed by atoms with E-state index < -0.39 is 11.6 Å². The van der Waals surface area contributed by atoms with Gasteiger partial charge in [-0.15, -0.1) is 10.2 Å². The van der Waals surface area contributed by atoms with Crippen LogP contribution in [0.4, 0.5) is 10.7 Å². The topological polar surface area (TPSA) is 105 Å². The first-order valence-electron chi connectivity index (χ1n) is 7.51. The van der Waals surface area contributed by atoms with Crippen LogP contribution < -0.4 is 10.6 Å². The van der Waals surface area contributed by atoms with Crippen LogP contribution in [-0.2, 0) is 5.60 Å². The Morgan fingerprint density at radius 1 is 1.38 bits per heavy atom. The van der Waals surface area contributed by atoms with Crippen LogP contribution in [0.5, 0.6) is 0 Å². The van der Waals surface area contributed by atoms with E-state index in [1.54, 1.807) is 36.6 Å². The number of furan rings is 1. The summed E-state index contributed by atoms with van der Waals surface area (Å²) in [6, 6.07) is 6.71. The Hall–Kier alpha value is -2.87. The normalized spacial score (nSPS) is 13.7. The van der Waals surface area contributed by atoms with Crippen LogP contribution in [0.3, 0.4) is 0 Å². The van der Waals surface area contributed by atoms with Crippen LogP contribution in [-0.4, -0.2) is 32.3 Å². The number of aliphatic hydroxyl groups is 1. The van der Waals surface area contributed by atoms with Crippen molar-refractivity contribution in [2.75, 3.05) is 11.9 Å². The minimum Gasteiger partial charge on any atom is -0.466 e. The van der Waals surface area contributed by atoms with E-state index in [0.29, 0.717) is 28.7 Å². The maximum absolute atomic E-state index is 12.1. The molecule has 3 aromatic heterocycles. The van der Waals surface area contributed by atoms with E-state index >= 15 is 0 Å². The second kappa shape index (κ2) is 5.97. The zero-order valence-electron chi connectivity index (χ0n) is 13.7. The minimum absolute atomic E-state index is 0.0232. The van der Waals surface area contributed by atoms with Gasteiger partial charge in [0.15, 0.2) is 5.65 Å². The number of nitrogens with zero attached hydrogens (tertiary/aromatic N) is 3. The van der Waals surface area contributed by atoms with E-state index in [4.69, 9.17) is 4.42 Å². The predicted molar refractivity (Wildman–Crippen MR) is 87.8 cm³/mol. The number of hydrogen-bond acceptors (Lipinski definition) is 5. The monoisotopic (exact) mass is 329 g/mol. The van der Waals surface area contributed by atoms with Gasteiger partial charge in [-0.25, -0.2) is 4.79 Å². The Morgan fingerprint density at radius 2 is 2.17 bits per heavy atom. The van der Waals surface area contributed by atoms with E-state index in [0.717, 1.165) is 0 Å². The first-order chi connectivity index (χ1) is 11.4. The van der Waals surface area contributed by atoms with Gasteiger partial charge in [0.1, 0.15) is 17.1 Å². The molecule has 126 valence electrons. The molecular weight excluding hydrogens is 310 g/mol. The second-order valence-corrected chi connectivity index (χ2v) is 5.86. The van der Waals surface area contributed by atoms with Crippen molar-refractivity contribution in [3.05, 3.63) is 47.5 Å². The van der Waals surface area contributed by atoms with Gasteiger partial charge >= 0.3 is 6.03 Å². The molecule has 0 spiro atoms. The summed E-state index contributed by atoms with van der Waals surface area (Å²) in [7, 11) is 0. The standard InChI is InChI=1S/C16H19N5O3/c1-10-8-12(11(2)24-10)16(3,23)9-17-15(22)18-14-20-19-13-6-4-5-7-21(13)14/h4-8,23H,9H2,1-3H3,(H2,17,18,20,22)/t16-/m1/s1. The van der Waals surface area contributed by atoms with Gasteiger partial charge in [-0.2, -0.15) is 0 Å².